The maximum atomic E-state index is 5.82. The Morgan fingerprint density at radius 1 is 1.23 bits per heavy atom. The molecule has 1 fully saturated rings. The molecule has 1 aromatic carbocycles. The molecule has 1 saturated heterocycles. The van der Waals surface area contributed by atoms with Crippen LogP contribution in [0.3, 0.4) is 0 Å². The van der Waals surface area contributed by atoms with Crippen molar-refractivity contribution >= 4 is 11.6 Å². The van der Waals surface area contributed by atoms with Gasteiger partial charge in [0.15, 0.2) is 17.5 Å². The largest absolute Gasteiger partial charge is 0.490 e. The summed E-state index contributed by atoms with van der Waals surface area (Å²) in [6.45, 7) is 10.0. The average molecular weight is 419 g/mol. The maximum absolute atomic E-state index is 5.82. The normalized spacial score (nSPS) is 19.7. The van der Waals surface area contributed by atoms with Crippen molar-refractivity contribution in [2.75, 3.05) is 58.4 Å². The van der Waals surface area contributed by atoms with Crippen molar-refractivity contribution in [1.82, 2.24) is 10.2 Å². The van der Waals surface area contributed by atoms with E-state index < -0.39 is 0 Å². The molecule has 0 spiro atoms. The number of hydrogen-bond donors (Lipinski definition) is 2. The molecule has 1 unspecified atom stereocenters. The van der Waals surface area contributed by atoms with Crippen molar-refractivity contribution in [3.63, 3.8) is 0 Å². The summed E-state index contributed by atoms with van der Waals surface area (Å²) in [6.07, 6.45) is 4.31. The molecule has 0 aliphatic carbocycles. The van der Waals surface area contributed by atoms with Crippen molar-refractivity contribution in [3.8, 4) is 11.5 Å². The number of likely N-dealkylation sites (N-methyl/N-ethyl adjacent to an activating group) is 1. The summed E-state index contributed by atoms with van der Waals surface area (Å²) in [6, 6.07) is 6.48. The fourth-order valence-electron chi connectivity index (χ4n) is 3.62. The van der Waals surface area contributed by atoms with Gasteiger partial charge >= 0.3 is 0 Å². The molecule has 2 heterocycles. The summed E-state index contributed by atoms with van der Waals surface area (Å²) in [7, 11) is 2.18. The van der Waals surface area contributed by atoms with Crippen LogP contribution in [-0.2, 0) is 4.74 Å². The number of fused-ring (bicyclic) bond motifs is 1. The number of ether oxygens (including phenoxy) is 3. The van der Waals surface area contributed by atoms with E-state index in [0.717, 1.165) is 68.8 Å². The molecular formula is C23H38N4O3. The second kappa shape index (κ2) is 12.0. The lowest BCUT2D eigenvalue weighted by atomic mass is 10.2. The van der Waals surface area contributed by atoms with Crippen LogP contribution >= 0.6 is 0 Å². The molecule has 7 heteroatoms. The van der Waals surface area contributed by atoms with E-state index in [2.05, 4.69) is 36.4 Å². The van der Waals surface area contributed by atoms with Crippen LogP contribution < -0.4 is 20.1 Å². The fraction of sp³-hybridized carbons (Fsp3) is 0.696. The number of anilines is 1. The van der Waals surface area contributed by atoms with Crippen LogP contribution in [0, 0.1) is 5.92 Å². The number of rotatable bonds is 9. The lowest BCUT2D eigenvalue weighted by Crippen LogP contribution is -2.34. The van der Waals surface area contributed by atoms with Gasteiger partial charge in [-0.05, 0) is 50.9 Å². The van der Waals surface area contributed by atoms with Crippen molar-refractivity contribution in [2.45, 2.75) is 45.6 Å². The number of likely N-dealkylation sites (tertiary alicyclic amines) is 1. The lowest BCUT2D eigenvalue weighted by Gasteiger charge is -2.19. The van der Waals surface area contributed by atoms with Gasteiger partial charge < -0.3 is 29.7 Å². The summed E-state index contributed by atoms with van der Waals surface area (Å²) in [5.41, 5.74) is 0.946. The van der Waals surface area contributed by atoms with Gasteiger partial charge in [-0.25, -0.2) is 0 Å². The zero-order valence-corrected chi connectivity index (χ0v) is 18.8. The first kappa shape index (κ1) is 22.7. The summed E-state index contributed by atoms with van der Waals surface area (Å²) in [5.74, 6) is 2.96. The van der Waals surface area contributed by atoms with E-state index in [1.54, 1.807) is 0 Å². The summed E-state index contributed by atoms with van der Waals surface area (Å²) in [5, 5.41) is 6.90. The summed E-state index contributed by atoms with van der Waals surface area (Å²) >= 11 is 0. The monoisotopic (exact) mass is 418 g/mol. The number of nitrogens with zero attached hydrogens (tertiary/aromatic N) is 2. The van der Waals surface area contributed by atoms with E-state index in [1.807, 2.05) is 18.2 Å². The van der Waals surface area contributed by atoms with E-state index in [4.69, 9.17) is 19.2 Å². The molecule has 30 heavy (non-hydrogen) atoms. The molecule has 2 aliphatic heterocycles. The van der Waals surface area contributed by atoms with Gasteiger partial charge in [0.05, 0.1) is 19.8 Å². The minimum absolute atomic E-state index is 0.516. The van der Waals surface area contributed by atoms with Crippen molar-refractivity contribution < 1.29 is 14.2 Å². The Kier molecular flexibility index (Phi) is 9.08. The fourth-order valence-corrected chi connectivity index (χ4v) is 3.62. The van der Waals surface area contributed by atoms with Crippen molar-refractivity contribution in [2.24, 2.45) is 10.9 Å². The Labute approximate surface area is 181 Å². The molecule has 0 amide bonds. The summed E-state index contributed by atoms with van der Waals surface area (Å²) in [4.78, 5) is 7.27. The minimum Gasteiger partial charge on any atom is -0.490 e. The number of nitrogens with one attached hydrogen (secondary N) is 2. The first-order valence-electron chi connectivity index (χ1n) is 11.3. The van der Waals surface area contributed by atoms with E-state index >= 15 is 0 Å². The van der Waals surface area contributed by atoms with Crippen LogP contribution in [0.1, 0.15) is 39.5 Å². The molecular weight excluding hydrogens is 380 g/mol. The van der Waals surface area contributed by atoms with Crippen molar-refractivity contribution in [3.05, 3.63) is 18.2 Å². The first-order chi connectivity index (χ1) is 14.6. The number of hydrogen-bond acceptors (Lipinski definition) is 5. The lowest BCUT2D eigenvalue weighted by molar-refractivity contribution is 0.108. The predicted octanol–water partition coefficient (Wildman–Crippen LogP) is 3.36. The van der Waals surface area contributed by atoms with Gasteiger partial charge in [-0.3, -0.25) is 4.99 Å². The first-order valence-corrected chi connectivity index (χ1v) is 11.3. The molecule has 0 radical (unpaired) electrons. The highest BCUT2D eigenvalue weighted by atomic mass is 16.5. The second-order valence-corrected chi connectivity index (χ2v) is 8.55. The third-order valence-electron chi connectivity index (χ3n) is 5.35. The van der Waals surface area contributed by atoms with Crippen LogP contribution in [0.15, 0.2) is 23.2 Å². The van der Waals surface area contributed by atoms with E-state index in [-0.39, 0.29) is 0 Å². The number of guanidine groups is 1. The Morgan fingerprint density at radius 2 is 2.07 bits per heavy atom. The van der Waals surface area contributed by atoms with Gasteiger partial charge in [0.2, 0.25) is 0 Å². The van der Waals surface area contributed by atoms with Crippen molar-refractivity contribution in [1.29, 1.82) is 0 Å². The van der Waals surface area contributed by atoms with Gasteiger partial charge in [-0.15, -0.1) is 0 Å². The predicted molar refractivity (Wildman–Crippen MR) is 122 cm³/mol. The standard InChI is InChI=1S/C23H38N4O3/c1-18(2)17-28-12-5-10-24-23(25-16-20-7-4-11-27(20)3)26-19-8-9-21-22(15-19)30-14-6-13-29-21/h8-9,15,18,20H,4-7,10-14,16-17H2,1-3H3,(H2,24,25,26). The average Bonchev–Trinajstić information content (AvgIpc) is 2.99. The third kappa shape index (κ3) is 7.36. The molecule has 2 N–H and O–H groups in total. The molecule has 1 atom stereocenters. The van der Waals surface area contributed by atoms with E-state index in [0.29, 0.717) is 25.2 Å². The molecule has 3 rings (SSSR count). The van der Waals surface area contributed by atoms with Crippen LogP contribution in [0.25, 0.3) is 0 Å². The van der Waals surface area contributed by atoms with Crippen LogP contribution in [0.2, 0.25) is 0 Å². The number of benzene rings is 1. The smallest absolute Gasteiger partial charge is 0.195 e. The summed E-state index contributed by atoms with van der Waals surface area (Å²) < 4.78 is 17.2. The topological polar surface area (TPSA) is 67.4 Å². The van der Waals surface area contributed by atoms with E-state index in [9.17, 15) is 0 Å². The SMILES string of the molecule is CC(C)COCCCNC(=NCC1CCCN1C)Nc1ccc2c(c1)OCCCO2. The minimum atomic E-state index is 0.516. The molecule has 1 aromatic rings. The van der Waals surface area contributed by atoms with Crippen LogP contribution in [0.4, 0.5) is 5.69 Å². The Bertz CT molecular complexity index is 680. The second-order valence-electron chi connectivity index (χ2n) is 8.55. The highest BCUT2D eigenvalue weighted by molar-refractivity contribution is 5.94. The van der Waals surface area contributed by atoms with Gasteiger partial charge in [0.25, 0.3) is 0 Å². The molecule has 168 valence electrons. The molecule has 0 saturated carbocycles. The number of aliphatic imine (C=N–C) groups is 1. The molecule has 2 aliphatic rings. The Balaban J connectivity index is 1.58. The Hall–Kier alpha value is -1.99. The highest BCUT2D eigenvalue weighted by Gasteiger charge is 2.20. The zero-order chi connectivity index (χ0) is 21.2. The maximum Gasteiger partial charge on any atom is 0.195 e. The van der Waals surface area contributed by atoms with Gasteiger partial charge in [-0.2, -0.15) is 0 Å². The van der Waals surface area contributed by atoms with Crippen LogP contribution in [0.5, 0.6) is 11.5 Å². The highest BCUT2D eigenvalue weighted by Crippen LogP contribution is 2.32. The van der Waals surface area contributed by atoms with Gasteiger partial charge in [0, 0.05) is 44.0 Å². The van der Waals surface area contributed by atoms with Gasteiger partial charge in [0.1, 0.15) is 0 Å². The van der Waals surface area contributed by atoms with Crippen LogP contribution in [-0.4, -0.2) is 70.0 Å². The third-order valence-corrected chi connectivity index (χ3v) is 5.35. The Morgan fingerprint density at radius 3 is 2.83 bits per heavy atom. The molecule has 7 nitrogen and oxygen atoms in total. The van der Waals surface area contributed by atoms with Gasteiger partial charge in [-0.1, -0.05) is 13.8 Å². The quantitative estimate of drug-likeness (QED) is 0.364. The van der Waals surface area contributed by atoms with E-state index in [1.165, 1.54) is 12.8 Å². The molecule has 0 bridgehead atoms. The zero-order valence-electron chi connectivity index (χ0n) is 18.8. The molecule has 0 aromatic heterocycles.